The molecule has 0 spiro atoms. The molecular weight excluding hydrogens is 190 g/mol. The summed E-state index contributed by atoms with van der Waals surface area (Å²) in [4.78, 5) is 0. The van der Waals surface area contributed by atoms with Gasteiger partial charge in [-0.25, -0.2) is 0 Å². The highest BCUT2D eigenvalue weighted by Gasteiger charge is 2.40. The molecular formula is C12H15NS. The van der Waals surface area contributed by atoms with Crippen molar-refractivity contribution in [3.63, 3.8) is 0 Å². The van der Waals surface area contributed by atoms with Crippen molar-refractivity contribution in [3.05, 3.63) is 22.4 Å². The lowest BCUT2D eigenvalue weighted by atomic mass is 9.65. The van der Waals surface area contributed by atoms with Gasteiger partial charge in [-0.2, -0.15) is 16.6 Å². The molecule has 1 fully saturated rings. The molecule has 1 aromatic rings. The minimum Gasteiger partial charge on any atom is -0.197 e. The topological polar surface area (TPSA) is 23.8 Å². The Hall–Kier alpha value is -0.810. The van der Waals surface area contributed by atoms with E-state index in [1.165, 1.54) is 24.8 Å². The fourth-order valence-corrected chi connectivity index (χ4v) is 3.26. The molecule has 2 rings (SSSR count). The minimum absolute atomic E-state index is 0.182. The van der Waals surface area contributed by atoms with Crippen LogP contribution in [-0.2, 0) is 5.41 Å². The van der Waals surface area contributed by atoms with E-state index in [-0.39, 0.29) is 5.41 Å². The Kier molecular flexibility index (Phi) is 2.60. The zero-order valence-electron chi connectivity index (χ0n) is 8.49. The van der Waals surface area contributed by atoms with Crippen molar-refractivity contribution in [3.8, 4) is 6.07 Å². The van der Waals surface area contributed by atoms with Crippen LogP contribution in [0.15, 0.2) is 16.8 Å². The van der Waals surface area contributed by atoms with Crippen molar-refractivity contribution in [2.75, 3.05) is 0 Å². The maximum absolute atomic E-state index is 9.44. The van der Waals surface area contributed by atoms with Gasteiger partial charge in [-0.15, -0.1) is 0 Å². The zero-order chi connectivity index (χ0) is 10.0. The Bertz CT molecular complexity index is 336. The molecule has 1 saturated carbocycles. The molecule has 0 N–H and O–H groups in total. The molecule has 0 radical (unpaired) electrons. The van der Waals surface area contributed by atoms with E-state index in [0.717, 1.165) is 6.42 Å². The number of hydrogen-bond donors (Lipinski definition) is 0. The smallest absolute Gasteiger partial charge is 0.0855 e. The molecule has 2 atom stereocenters. The largest absolute Gasteiger partial charge is 0.197 e. The van der Waals surface area contributed by atoms with Crippen LogP contribution >= 0.6 is 11.3 Å². The van der Waals surface area contributed by atoms with Gasteiger partial charge >= 0.3 is 0 Å². The summed E-state index contributed by atoms with van der Waals surface area (Å²) in [5, 5.41) is 13.7. The van der Waals surface area contributed by atoms with Crippen LogP contribution in [0.2, 0.25) is 0 Å². The van der Waals surface area contributed by atoms with Gasteiger partial charge < -0.3 is 0 Å². The predicted molar refractivity (Wildman–Crippen MR) is 59.2 cm³/mol. The lowest BCUT2D eigenvalue weighted by Gasteiger charge is -2.36. The van der Waals surface area contributed by atoms with Crippen molar-refractivity contribution >= 4 is 11.3 Å². The summed E-state index contributed by atoms with van der Waals surface area (Å²) < 4.78 is 0. The second kappa shape index (κ2) is 3.74. The van der Waals surface area contributed by atoms with Crippen LogP contribution in [0.25, 0.3) is 0 Å². The van der Waals surface area contributed by atoms with Gasteiger partial charge in [0.25, 0.3) is 0 Å². The number of rotatable bonds is 1. The highest BCUT2D eigenvalue weighted by molar-refractivity contribution is 7.08. The van der Waals surface area contributed by atoms with Gasteiger partial charge in [-0.1, -0.05) is 19.8 Å². The molecule has 0 bridgehead atoms. The molecule has 1 aliphatic rings. The van der Waals surface area contributed by atoms with Gasteiger partial charge in [-0.3, -0.25) is 0 Å². The van der Waals surface area contributed by atoms with E-state index in [0.29, 0.717) is 5.92 Å². The van der Waals surface area contributed by atoms with Gasteiger partial charge in [0.15, 0.2) is 0 Å². The fourth-order valence-electron chi connectivity index (χ4n) is 2.52. The Morgan fingerprint density at radius 2 is 2.43 bits per heavy atom. The highest BCUT2D eigenvalue weighted by atomic mass is 32.1. The predicted octanol–water partition coefficient (Wildman–Crippen LogP) is 3.72. The zero-order valence-corrected chi connectivity index (χ0v) is 9.31. The Morgan fingerprint density at radius 1 is 1.57 bits per heavy atom. The first-order valence-corrected chi connectivity index (χ1v) is 6.18. The number of thiophene rings is 1. The molecule has 1 nitrogen and oxygen atoms in total. The Morgan fingerprint density at radius 3 is 3.00 bits per heavy atom. The van der Waals surface area contributed by atoms with Crippen molar-refractivity contribution < 1.29 is 0 Å². The molecule has 0 saturated heterocycles. The monoisotopic (exact) mass is 205 g/mol. The normalized spacial score (nSPS) is 32.4. The summed E-state index contributed by atoms with van der Waals surface area (Å²) in [5.41, 5.74) is 1.07. The average molecular weight is 205 g/mol. The quantitative estimate of drug-likeness (QED) is 0.685. The van der Waals surface area contributed by atoms with Crippen molar-refractivity contribution in [1.29, 1.82) is 5.26 Å². The molecule has 0 amide bonds. The van der Waals surface area contributed by atoms with Crippen molar-refractivity contribution in [1.82, 2.24) is 0 Å². The van der Waals surface area contributed by atoms with Crippen LogP contribution in [0.3, 0.4) is 0 Å². The Labute approximate surface area is 89.4 Å². The van der Waals surface area contributed by atoms with E-state index >= 15 is 0 Å². The van der Waals surface area contributed by atoms with Gasteiger partial charge in [0.1, 0.15) is 0 Å². The second-order valence-corrected chi connectivity index (χ2v) is 5.02. The number of hydrogen-bond acceptors (Lipinski definition) is 2. The van der Waals surface area contributed by atoms with Gasteiger partial charge in [0.2, 0.25) is 0 Å². The molecule has 0 aliphatic heterocycles. The third-order valence-corrected chi connectivity index (χ3v) is 4.22. The molecule has 2 heteroatoms. The first-order chi connectivity index (χ1) is 6.79. The fraction of sp³-hybridized carbons (Fsp3) is 0.583. The minimum atomic E-state index is -0.182. The van der Waals surface area contributed by atoms with Gasteiger partial charge in [0, 0.05) is 0 Å². The van der Waals surface area contributed by atoms with Gasteiger partial charge in [-0.05, 0) is 41.1 Å². The summed E-state index contributed by atoms with van der Waals surface area (Å²) >= 11 is 1.70. The first kappa shape index (κ1) is 9.73. The lowest BCUT2D eigenvalue weighted by Crippen LogP contribution is -2.34. The molecule has 2 unspecified atom stereocenters. The summed E-state index contributed by atoms with van der Waals surface area (Å²) in [6, 6.07) is 4.70. The van der Waals surface area contributed by atoms with E-state index in [1.54, 1.807) is 11.3 Å². The molecule has 14 heavy (non-hydrogen) atoms. The Balaban J connectivity index is 2.38. The van der Waals surface area contributed by atoms with Gasteiger partial charge in [0.05, 0.1) is 11.5 Å². The average Bonchev–Trinajstić information content (AvgIpc) is 2.72. The van der Waals surface area contributed by atoms with E-state index in [4.69, 9.17) is 0 Å². The summed E-state index contributed by atoms with van der Waals surface area (Å²) in [5.74, 6) is 0.510. The summed E-state index contributed by atoms with van der Waals surface area (Å²) in [6.45, 7) is 2.22. The standard InChI is InChI=1S/C12H15NS/c1-10-4-2-3-6-12(10,9-13)11-5-7-14-8-11/h5,7-8,10H,2-4,6H2,1H3. The third kappa shape index (κ3) is 1.36. The van der Waals surface area contributed by atoms with Crippen LogP contribution in [0.1, 0.15) is 38.2 Å². The third-order valence-electron chi connectivity index (χ3n) is 3.54. The van der Waals surface area contributed by atoms with E-state index in [9.17, 15) is 5.26 Å². The van der Waals surface area contributed by atoms with E-state index in [2.05, 4.69) is 29.8 Å². The summed E-state index contributed by atoms with van der Waals surface area (Å²) in [7, 11) is 0. The SMILES string of the molecule is CC1CCCCC1(C#N)c1ccsc1. The van der Waals surface area contributed by atoms with E-state index in [1.807, 2.05) is 0 Å². The van der Waals surface area contributed by atoms with Crippen LogP contribution in [-0.4, -0.2) is 0 Å². The number of nitriles is 1. The van der Waals surface area contributed by atoms with Crippen molar-refractivity contribution in [2.24, 2.45) is 5.92 Å². The molecule has 1 heterocycles. The lowest BCUT2D eigenvalue weighted by molar-refractivity contribution is 0.261. The van der Waals surface area contributed by atoms with Crippen LogP contribution in [0, 0.1) is 17.2 Å². The van der Waals surface area contributed by atoms with Crippen molar-refractivity contribution in [2.45, 2.75) is 38.0 Å². The van der Waals surface area contributed by atoms with Crippen LogP contribution in [0.4, 0.5) is 0 Å². The maximum atomic E-state index is 9.44. The van der Waals surface area contributed by atoms with E-state index < -0.39 is 0 Å². The summed E-state index contributed by atoms with van der Waals surface area (Å²) in [6.07, 6.45) is 4.73. The van der Waals surface area contributed by atoms with Crippen LogP contribution in [0.5, 0.6) is 0 Å². The second-order valence-electron chi connectivity index (χ2n) is 4.24. The first-order valence-electron chi connectivity index (χ1n) is 5.23. The van der Waals surface area contributed by atoms with Crippen LogP contribution < -0.4 is 0 Å². The molecule has 74 valence electrons. The number of nitrogens with zero attached hydrogens (tertiary/aromatic N) is 1. The molecule has 0 aromatic carbocycles. The molecule has 1 aromatic heterocycles. The highest BCUT2D eigenvalue weighted by Crippen LogP contribution is 2.43. The maximum Gasteiger partial charge on any atom is 0.0855 e. The molecule has 1 aliphatic carbocycles.